The van der Waals surface area contributed by atoms with E-state index in [0.717, 1.165) is 11.3 Å². The van der Waals surface area contributed by atoms with Crippen LogP contribution in [0.1, 0.15) is 54.0 Å². The number of hydrogen-bond acceptors (Lipinski definition) is 5. The Morgan fingerprint density at radius 2 is 1.86 bits per heavy atom. The predicted octanol–water partition coefficient (Wildman–Crippen LogP) is 4.17. The number of pyridine rings is 1. The number of aliphatic carboxylic acids is 1. The molecule has 1 amide bonds. The molecule has 2 N–H and O–H groups in total. The highest BCUT2D eigenvalue weighted by atomic mass is 16.5. The molecule has 2 aromatic heterocycles. The number of nitrogens with one attached hydrogen (secondary N) is 1. The molecule has 0 spiro atoms. The molecule has 3 aromatic rings. The van der Waals surface area contributed by atoms with E-state index in [-0.39, 0.29) is 11.8 Å². The summed E-state index contributed by atoms with van der Waals surface area (Å²) >= 11 is 0. The van der Waals surface area contributed by atoms with Gasteiger partial charge < -0.3 is 14.9 Å². The molecular weight excluding hydrogens is 358 g/mol. The second-order valence-corrected chi connectivity index (χ2v) is 7.29. The van der Waals surface area contributed by atoms with Crippen molar-refractivity contribution in [2.24, 2.45) is 5.92 Å². The predicted molar refractivity (Wildman–Crippen MR) is 106 cm³/mol. The Bertz CT molecular complexity index is 1020. The number of anilines is 1. The van der Waals surface area contributed by atoms with Crippen molar-refractivity contribution in [2.45, 2.75) is 40.0 Å². The van der Waals surface area contributed by atoms with Crippen molar-refractivity contribution in [1.82, 2.24) is 10.1 Å². The Morgan fingerprint density at radius 1 is 1.18 bits per heavy atom. The minimum Gasteiger partial charge on any atom is -0.481 e. The molecule has 0 saturated heterocycles. The number of hydrogen-bond donors (Lipinski definition) is 2. The molecule has 0 fully saturated rings. The summed E-state index contributed by atoms with van der Waals surface area (Å²) < 4.78 is 5.26. The van der Waals surface area contributed by atoms with Crippen molar-refractivity contribution < 1.29 is 19.2 Å². The molecule has 7 heteroatoms. The lowest BCUT2D eigenvalue weighted by molar-refractivity contribution is -0.141. The molecule has 0 radical (unpaired) electrons. The SMILES string of the molecule is Cc1noc2nc(C(C)C)cc(C(=O)Nc3ccc(CC(C)C(=O)O)cc3)c12. The maximum Gasteiger partial charge on any atom is 0.306 e. The van der Waals surface area contributed by atoms with Crippen LogP contribution in [-0.2, 0) is 11.2 Å². The first-order valence-corrected chi connectivity index (χ1v) is 9.16. The minimum absolute atomic E-state index is 0.136. The molecule has 0 aliphatic heterocycles. The summed E-state index contributed by atoms with van der Waals surface area (Å²) in [6, 6.07) is 8.95. The molecular formula is C21H23N3O4. The van der Waals surface area contributed by atoms with E-state index < -0.39 is 11.9 Å². The molecule has 7 nitrogen and oxygen atoms in total. The van der Waals surface area contributed by atoms with Crippen LogP contribution in [0.25, 0.3) is 11.1 Å². The summed E-state index contributed by atoms with van der Waals surface area (Å²) in [5, 5.41) is 16.4. The van der Waals surface area contributed by atoms with Gasteiger partial charge in [0.05, 0.1) is 22.6 Å². The summed E-state index contributed by atoms with van der Waals surface area (Å²) in [5.74, 6) is -1.43. The highest BCUT2D eigenvalue weighted by Crippen LogP contribution is 2.26. The Morgan fingerprint density at radius 3 is 2.46 bits per heavy atom. The van der Waals surface area contributed by atoms with Gasteiger partial charge in [0, 0.05) is 11.4 Å². The fraction of sp³-hybridized carbons (Fsp3) is 0.333. The highest BCUT2D eigenvalue weighted by molar-refractivity contribution is 6.12. The highest BCUT2D eigenvalue weighted by Gasteiger charge is 2.20. The molecule has 0 aliphatic rings. The molecule has 0 aliphatic carbocycles. The minimum atomic E-state index is -0.830. The van der Waals surface area contributed by atoms with Crippen molar-refractivity contribution in [3.63, 3.8) is 0 Å². The number of rotatable bonds is 6. The fourth-order valence-electron chi connectivity index (χ4n) is 2.95. The van der Waals surface area contributed by atoms with Crippen molar-refractivity contribution in [1.29, 1.82) is 0 Å². The van der Waals surface area contributed by atoms with Crippen LogP contribution < -0.4 is 5.32 Å². The lowest BCUT2D eigenvalue weighted by atomic mass is 10.0. The second-order valence-electron chi connectivity index (χ2n) is 7.29. The summed E-state index contributed by atoms with van der Waals surface area (Å²) in [6.07, 6.45) is 0.437. The summed E-state index contributed by atoms with van der Waals surface area (Å²) in [5.41, 5.74) is 3.72. The number of aryl methyl sites for hydroxylation is 1. The fourth-order valence-corrected chi connectivity index (χ4v) is 2.95. The van der Waals surface area contributed by atoms with Gasteiger partial charge in [0.25, 0.3) is 11.6 Å². The standard InChI is InChI=1S/C21H23N3O4/c1-11(2)17-10-16(18-13(4)24-28-20(18)23-17)19(25)22-15-7-5-14(6-8-15)9-12(3)21(26)27/h5-8,10-12H,9H2,1-4H3,(H,22,25)(H,26,27). The molecule has 3 rings (SSSR count). The van der Waals surface area contributed by atoms with Gasteiger partial charge >= 0.3 is 5.97 Å². The number of carbonyl (C=O) groups is 2. The first kappa shape index (κ1) is 19.5. The molecule has 1 unspecified atom stereocenters. The molecule has 1 aromatic carbocycles. The van der Waals surface area contributed by atoms with Crippen LogP contribution in [0.3, 0.4) is 0 Å². The van der Waals surface area contributed by atoms with Gasteiger partial charge in [-0.2, -0.15) is 0 Å². The third-order valence-corrected chi connectivity index (χ3v) is 4.65. The Hall–Kier alpha value is -3.22. The third kappa shape index (κ3) is 4.03. The zero-order valence-electron chi connectivity index (χ0n) is 16.3. The van der Waals surface area contributed by atoms with E-state index in [0.29, 0.717) is 34.5 Å². The number of nitrogens with zero attached hydrogens (tertiary/aromatic N) is 2. The average Bonchev–Trinajstić information content (AvgIpc) is 3.03. The molecule has 1 atom stereocenters. The summed E-state index contributed by atoms with van der Waals surface area (Å²) in [4.78, 5) is 28.3. The van der Waals surface area contributed by atoms with Crippen LogP contribution in [-0.4, -0.2) is 27.1 Å². The van der Waals surface area contributed by atoms with E-state index in [4.69, 9.17) is 9.63 Å². The number of benzene rings is 1. The summed E-state index contributed by atoms with van der Waals surface area (Å²) in [7, 11) is 0. The van der Waals surface area contributed by atoms with Gasteiger partial charge in [-0.1, -0.05) is 38.1 Å². The van der Waals surface area contributed by atoms with Gasteiger partial charge in [0.2, 0.25) is 0 Å². The van der Waals surface area contributed by atoms with Crippen LogP contribution in [0.15, 0.2) is 34.9 Å². The van der Waals surface area contributed by atoms with Crippen LogP contribution >= 0.6 is 0 Å². The number of carbonyl (C=O) groups excluding carboxylic acids is 1. The van der Waals surface area contributed by atoms with Gasteiger partial charge in [0.1, 0.15) is 0 Å². The number of amides is 1. The number of carboxylic acid groups (broad SMARTS) is 1. The number of carboxylic acids is 1. The van der Waals surface area contributed by atoms with Crippen LogP contribution in [0.4, 0.5) is 5.69 Å². The second kappa shape index (κ2) is 7.80. The molecule has 146 valence electrons. The first-order valence-electron chi connectivity index (χ1n) is 9.16. The van der Waals surface area contributed by atoms with Crippen molar-refractivity contribution >= 4 is 28.7 Å². The molecule has 0 saturated carbocycles. The first-order chi connectivity index (χ1) is 13.3. The van der Waals surface area contributed by atoms with Crippen molar-refractivity contribution in [3.8, 4) is 0 Å². The van der Waals surface area contributed by atoms with Gasteiger partial charge in [-0.3, -0.25) is 9.59 Å². The van der Waals surface area contributed by atoms with Gasteiger partial charge in [-0.15, -0.1) is 0 Å². The third-order valence-electron chi connectivity index (χ3n) is 4.65. The van der Waals surface area contributed by atoms with Crippen molar-refractivity contribution in [3.05, 3.63) is 52.8 Å². The Labute approximate surface area is 162 Å². The van der Waals surface area contributed by atoms with Gasteiger partial charge in [0.15, 0.2) is 0 Å². The van der Waals surface area contributed by atoms with E-state index in [1.54, 1.807) is 32.0 Å². The van der Waals surface area contributed by atoms with E-state index >= 15 is 0 Å². The van der Waals surface area contributed by atoms with Crippen molar-refractivity contribution in [2.75, 3.05) is 5.32 Å². The maximum absolute atomic E-state index is 12.9. The van der Waals surface area contributed by atoms with Gasteiger partial charge in [-0.05, 0) is 43.0 Å². The van der Waals surface area contributed by atoms with E-state index in [1.807, 2.05) is 26.0 Å². The quantitative estimate of drug-likeness (QED) is 0.664. The number of aromatic nitrogens is 2. The van der Waals surface area contributed by atoms with Crippen LogP contribution in [0.2, 0.25) is 0 Å². The largest absolute Gasteiger partial charge is 0.481 e. The summed E-state index contributed by atoms with van der Waals surface area (Å²) in [6.45, 7) is 7.43. The van der Waals surface area contributed by atoms with Crippen LogP contribution in [0.5, 0.6) is 0 Å². The van der Waals surface area contributed by atoms with E-state index in [9.17, 15) is 9.59 Å². The lowest BCUT2D eigenvalue weighted by Crippen LogP contribution is -2.14. The van der Waals surface area contributed by atoms with Gasteiger partial charge in [-0.25, -0.2) is 4.98 Å². The molecule has 28 heavy (non-hydrogen) atoms. The monoisotopic (exact) mass is 381 g/mol. The normalized spacial score (nSPS) is 12.3. The lowest BCUT2D eigenvalue weighted by Gasteiger charge is -2.11. The molecule has 0 bridgehead atoms. The van der Waals surface area contributed by atoms with E-state index in [2.05, 4.69) is 15.5 Å². The van der Waals surface area contributed by atoms with Crippen LogP contribution in [0, 0.1) is 12.8 Å². The maximum atomic E-state index is 12.9. The Balaban J connectivity index is 1.85. The zero-order valence-corrected chi connectivity index (χ0v) is 16.3. The topological polar surface area (TPSA) is 105 Å². The molecule has 2 heterocycles. The smallest absolute Gasteiger partial charge is 0.306 e. The average molecular weight is 381 g/mol. The Kier molecular flexibility index (Phi) is 5.44. The zero-order chi connectivity index (χ0) is 20.4. The van der Waals surface area contributed by atoms with E-state index in [1.165, 1.54) is 0 Å². The number of fused-ring (bicyclic) bond motifs is 1.